The zero-order valence-corrected chi connectivity index (χ0v) is 42.7. The number of unbranched alkanes of at least 4 members (excludes halogenated alkanes) is 1. The van der Waals surface area contributed by atoms with Crippen LogP contribution in [-0.2, 0) is 38.0 Å². The highest BCUT2D eigenvalue weighted by Gasteiger charge is 2.74. The maximum absolute atomic E-state index is 13.3. The maximum Gasteiger partial charge on any atom is 0.315 e. The SMILES string of the molecule is CC(=O)N[C@H]1C(C)(COC[C@]2(C)OC(C)(CO)[C@](C)(O)C(C)(O)C2(C)O)[C@H](O)C(C)(CO)O[C@]1(C)COCC1(C)C(C)(C)OC(C)(OC(=O)CCCCC2SC[C@@H]3NC(=O)N[C@H]23)C(O)C1(C)O. The molecule has 5 rings (SSSR count). The van der Waals surface area contributed by atoms with Gasteiger partial charge in [-0.3, -0.25) is 9.59 Å². The van der Waals surface area contributed by atoms with Crippen LogP contribution in [0.2, 0.25) is 0 Å². The van der Waals surface area contributed by atoms with Crippen LogP contribution in [-0.4, -0.2) is 196 Å². The van der Waals surface area contributed by atoms with E-state index in [4.69, 9.17) is 28.4 Å². The lowest BCUT2D eigenvalue weighted by molar-refractivity contribution is -0.408. The first kappa shape index (κ1) is 56.0. The largest absolute Gasteiger partial charge is 0.430 e. The van der Waals surface area contributed by atoms with Crippen LogP contribution >= 0.6 is 11.8 Å². The fourth-order valence-corrected chi connectivity index (χ4v) is 13.2. The Labute approximate surface area is 398 Å². The van der Waals surface area contributed by atoms with Crippen LogP contribution < -0.4 is 16.0 Å². The van der Waals surface area contributed by atoms with Crippen molar-refractivity contribution in [3.05, 3.63) is 0 Å². The van der Waals surface area contributed by atoms with Crippen molar-refractivity contribution in [2.24, 2.45) is 10.8 Å². The van der Waals surface area contributed by atoms with E-state index in [-0.39, 0.29) is 49.6 Å². The average molecular weight is 980 g/mol. The van der Waals surface area contributed by atoms with Crippen LogP contribution in [0.4, 0.5) is 4.79 Å². The number of esters is 1. The molecule has 3 amide bonds. The summed E-state index contributed by atoms with van der Waals surface area (Å²) in [5, 5.41) is 101. The standard InChI is InChI=1S/C46H81N3O17S/c1-26(52)47-31-36(4,22-61-25-41(9)45(13,59)46(14,60)44(12,58)40(8,21-51)66-41)32(54)37(5,20-50)65-38(31,6)23-62-24-39(7)35(2,3)64-43(11,33(55)42(39,10)57)63-29(53)18-16-15-17-28-30-27(19-67-28)48-34(56)49-30/h27-28,30-33,50-51,54-55,57-60H,15-25H2,1-14H3,(H,47,52)(H2,48,49,56)/t27-,28?,30-,31-,32-,33?,36?,37?,38+,39?,40?,41-,42?,43?,44-,45?,46?/m0/s1. The number of aliphatic hydroxyl groups is 8. The van der Waals surface area contributed by atoms with Crippen LogP contribution in [0.15, 0.2) is 0 Å². The highest BCUT2D eigenvalue weighted by molar-refractivity contribution is 8.00. The number of rotatable bonds is 17. The van der Waals surface area contributed by atoms with Crippen molar-refractivity contribution in [1.82, 2.24) is 16.0 Å². The summed E-state index contributed by atoms with van der Waals surface area (Å²) in [5.74, 6) is -2.27. The number of aliphatic hydroxyl groups excluding tert-OH is 4. The number of hydrogen-bond donors (Lipinski definition) is 11. The predicted molar refractivity (Wildman–Crippen MR) is 244 cm³/mol. The highest BCUT2D eigenvalue weighted by atomic mass is 32.2. The van der Waals surface area contributed by atoms with Crippen molar-refractivity contribution in [3.63, 3.8) is 0 Å². The molecule has 0 saturated carbocycles. The summed E-state index contributed by atoms with van der Waals surface area (Å²) in [6, 6.07) is -1.14. The number of fused-ring (bicyclic) bond motifs is 1. The molecule has 10 unspecified atom stereocenters. The number of carbonyl (C=O) groups excluding carboxylic acids is 3. The Kier molecular flexibility index (Phi) is 15.3. The van der Waals surface area contributed by atoms with Gasteiger partial charge in [0.15, 0.2) is 0 Å². The summed E-state index contributed by atoms with van der Waals surface area (Å²) in [7, 11) is 0. The molecule has 5 heterocycles. The molecule has 67 heavy (non-hydrogen) atoms. The van der Waals surface area contributed by atoms with Gasteiger partial charge in [0.25, 0.3) is 0 Å². The molecule has 0 aromatic heterocycles. The first-order chi connectivity index (χ1) is 30.4. The normalized spacial score (nSPS) is 49.4. The first-order valence-electron chi connectivity index (χ1n) is 23.3. The molecule has 0 aromatic rings. The molecule has 0 radical (unpaired) electrons. The summed E-state index contributed by atoms with van der Waals surface area (Å²) in [5.41, 5.74) is -19.7. The van der Waals surface area contributed by atoms with E-state index in [9.17, 15) is 55.2 Å². The van der Waals surface area contributed by atoms with Crippen molar-refractivity contribution in [2.75, 3.05) is 45.4 Å². The van der Waals surface area contributed by atoms with Crippen LogP contribution in [0.5, 0.6) is 0 Å². The monoisotopic (exact) mass is 980 g/mol. The van der Waals surface area contributed by atoms with Crippen molar-refractivity contribution in [3.8, 4) is 0 Å². The van der Waals surface area contributed by atoms with Gasteiger partial charge in [0.1, 0.15) is 50.9 Å². The fraction of sp³-hybridized carbons (Fsp3) is 0.935. The van der Waals surface area contributed by atoms with Gasteiger partial charge in [-0.05, 0) is 82.1 Å². The lowest BCUT2D eigenvalue weighted by atomic mass is 9.58. The Morgan fingerprint density at radius 2 is 1.33 bits per heavy atom. The van der Waals surface area contributed by atoms with Gasteiger partial charge in [-0.2, -0.15) is 11.8 Å². The van der Waals surface area contributed by atoms with Crippen molar-refractivity contribution in [1.29, 1.82) is 0 Å². The highest BCUT2D eigenvalue weighted by Crippen LogP contribution is 2.56. The van der Waals surface area contributed by atoms with E-state index in [1.807, 2.05) is 0 Å². The third-order valence-electron chi connectivity index (χ3n) is 17.2. The minimum atomic E-state index is -2.26. The first-order valence-corrected chi connectivity index (χ1v) is 24.3. The van der Waals surface area contributed by atoms with Crippen molar-refractivity contribution < 1.29 is 83.7 Å². The number of carbonyl (C=O) groups is 3. The Morgan fingerprint density at radius 3 is 1.91 bits per heavy atom. The van der Waals surface area contributed by atoms with Crippen LogP contribution in [0.25, 0.3) is 0 Å². The van der Waals surface area contributed by atoms with Crippen molar-refractivity contribution >= 4 is 29.7 Å². The lowest BCUT2D eigenvalue weighted by Crippen LogP contribution is -2.85. The summed E-state index contributed by atoms with van der Waals surface area (Å²) in [4.78, 5) is 38.0. The number of ether oxygens (including phenoxy) is 6. The Bertz CT molecular complexity index is 1850. The van der Waals surface area contributed by atoms with Gasteiger partial charge < -0.3 is 85.2 Å². The smallest absolute Gasteiger partial charge is 0.315 e. The van der Waals surface area contributed by atoms with Crippen molar-refractivity contribution in [2.45, 2.75) is 214 Å². The van der Waals surface area contributed by atoms with Crippen LogP contribution in [0.3, 0.4) is 0 Å². The second kappa shape index (κ2) is 18.3. The van der Waals surface area contributed by atoms with Gasteiger partial charge in [0, 0.05) is 36.7 Å². The molecule has 0 aliphatic carbocycles. The summed E-state index contributed by atoms with van der Waals surface area (Å²) < 4.78 is 37.7. The Balaban J connectivity index is 1.31. The Morgan fingerprint density at radius 1 is 0.731 bits per heavy atom. The number of hydrogen-bond acceptors (Lipinski definition) is 18. The third-order valence-corrected chi connectivity index (χ3v) is 18.7. The maximum atomic E-state index is 13.3. The minimum Gasteiger partial charge on any atom is -0.430 e. The molecule has 11 N–H and O–H groups in total. The Hall–Kier alpha value is -1.96. The van der Waals surface area contributed by atoms with Gasteiger partial charge in [0.05, 0.1) is 74.9 Å². The topological polar surface area (TPSA) is 305 Å². The van der Waals surface area contributed by atoms with Gasteiger partial charge in [-0.25, -0.2) is 4.79 Å². The predicted octanol–water partition coefficient (Wildman–Crippen LogP) is 0.137. The summed E-state index contributed by atoms with van der Waals surface area (Å²) in [6.07, 6.45) is -1.25. The molecule has 5 saturated heterocycles. The summed E-state index contributed by atoms with van der Waals surface area (Å²) >= 11 is 1.78. The van der Waals surface area contributed by atoms with E-state index in [0.29, 0.717) is 12.8 Å². The molecule has 5 aliphatic heterocycles. The molecule has 5 aliphatic rings. The second-order valence-electron chi connectivity index (χ2n) is 22.7. The molecule has 20 nitrogen and oxygen atoms in total. The minimum absolute atomic E-state index is 0.0343. The zero-order valence-electron chi connectivity index (χ0n) is 41.9. The molecular formula is C46H81N3O17S. The molecule has 21 heteroatoms. The van der Waals surface area contributed by atoms with Gasteiger partial charge in [0.2, 0.25) is 11.7 Å². The molecule has 0 aromatic carbocycles. The molecule has 5 fully saturated rings. The molecule has 0 spiro atoms. The lowest BCUT2D eigenvalue weighted by Gasteiger charge is -2.65. The summed E-state index contributed by atoms with van der Waals surface area (Å²) in [6.45, 7) is 17.5. The molecule has 17 atom stereocenters. The number of urea groups is 1. The molecule has 0 bridgehead atoms. The van der Waals surface area contributed by atoms with Gasteiger partial charge in [-0.15, -0.1) is 0 Å². The fourth-order valence-electron chi connectivity index (χ4n) is 11.6. The number of thioether (sulfide) groups is 1. The average Bonchev–Trinajstić information content (AvgIpc) is 3.77. The van der Waals surface area contributed by atoms with E-state index >= 15 is 0 Å². The quantitative estimate of drug-likeness (QED) is 0.0525. The van der Waals surface area contributed by atoms with E-state index in [1.165, 1.54) is 62.3 Å². The number of nitrogens with one attached hydrogen (secondary N) is 3. The van der Waals surface area contributed by atoms with E-state index in [0.717, 1.165) is 12.2 Å². The van der Waals surface area contributed by atoms with E-state index in [1.54, 1.807) is 46.4 Å². The van der Waals surface area contributed by atoms with Crippen LogP contribution in [0, 0.1) is 10.8 Å². The molecular weight excluding hydrogens is 899 g/mol. The number of amides is 3. The second-order valence-corrected chi connectivity index (χ2v) is 24.0. The van der Waals surface area contributed by atoms with E-state index in [2.05, 4.69) is 16.0 Å². The van der Waals surface area contributed by atoms with E-state index < -0.39 is 117 Å². The molecule has 388 valence electrons. The zero-order chi connectivity index (χ0) is 51.0. The van der Waals surface area contributed by atoms with Gasteiger partial charge in [-0.1, -0.05) is 20.3 Å². The third kappa shape index (κ3) is 9.05. The van der Waals surface area contributed by atoms with Gasteiger partial charge >= 0.3 is 12.0 Å². The van der Waals surface area contributed by atoms with Crippen LogP contribution in [0.1, 0.15) is 123 Å².